The van der Waals surface area contributed by atoms with Crippen molar-refractivity contribution in [3.63, 3.8) is 0 Å². The minimum absolute atomic E-state index is 0.157. The molecule has 0 bridgehead atoms. The molecule has 27 heavy (non-hydrogen) atoms. The van der Waals surface area contributed by atoms with E-state index < -0.39 is 0 Å². The lowest BCUT2D eigenvalue weighted by atomic mass is 10.0. The molecule has 5 nitrogen and oxygen atoms in total. The first-order chi connectivity index (χ1) is 12.9. The quantitative estimate of drug-likeness (QED) is 0.890. The van der Waals surface area contributed by atoms with Crippen LogP contribution in [-0.4, -0.2) is 34.5 Å². The summed E-state index contributed by atoms with van der Waals surface area (Å²) in [7, 11) is 0. The molecular formula is C21H25FN4O. The van der Waals surface area contributed by atoms with Crippen LogP contribution in [0.2, 0.25) is 0 Å². The zero-order valence-electron chi connectivity index (χ0n) is 16.1. The van der Waals surface area contributed by atoms with Gasteiger partial charge in [-0.3, -0.25) is 14.3 Å². The van der Waals surface area contributed by atoms with Gasteiger partial charge in [-0.25, -0.2) is 4.39 Å². The minimum atomic E-state index is -0.365. The fourth-order valence-electron chi connectivity index (χ4n) is 3.75. The highest BCUT2D eigenvalue weighted by molar-refractivity contribution is 5.93. The first kappa shape index (κ1) is 19.1. The minimum Gasteiger partial charge on any atom is -0.310 e. The molecule has 1 saturated heterocycles. The van der Waals surface area contributed by atoms with Crippen LogP contribution in [-0.2, 0) is 4.79 Å². The SMILES string of the molecule is Cc1c(C#N)c(NC(=O)CN2CCCC[C@@H]2C)n(-c2cccc(F)c2)c1C. The van der Waals surface area contributed by atoms with Crippen LogP contribution in [0.25, 0.3) is 5.69 Å². The molecule has 2 heterocycles. The van der Waals surface area contributed by atoms with Crippen LogP contribution >= 0.6 is 0 Å². The highest BCUT2D eigenvalue weighted by atomic mass is 19.1. The molecule has 1 atom stereocenters. The summed E-state index contributed by atoms with van der Waals surface area (Å²) in [5.74, 6) is -0.112. The van der Waals surface area contributed by atoms with E-state index in [1.165, 1.54) is 18.6 Å². The Morgan fingerprint density at radius 3 is 2.81 bits per heavy atom. The Morgan fingerprint density at radius 2 is 2.15 bits per heavy atom. The van der Waals surface area contributed by atoms with Gasteiger partial charge in [0.05, 0.1) is 17.8 Å². The van der Waals surface area contributed by atoms with Crippen molar-refractivity contribution in [2.45, 2.75) is 46.1 Å². The zero-order chi connectivity index (χ0) is 19.6. The summed E-state index contributed by atoms with van der Waals surface area (Å²) in [6, 6.07) is 8.71. The van der Waals surface area contributed by atoms with E-state index in [0.29, 0.717) is 29.7 Å². The first-order valence-corrected chi connectivity index (χ1v) is 9.34. The number of benzene rings is 1. The number of piperidine rings is 1. The topological polar surface area (TPSA) is 61.1 Å². The number of carbonyl (C=O) groups excluding carboxylic acids is 1. The summed E-state index contributed by atoms with van der Waals surface area (Å²) in [5.41, 5.74) is 2.58. The third-order valence-electron chi connectivity index (χ3n) is 5.44. The number of hydrogen-bond donors (Lipinski definition) is 1. The number of nitriles is 1. The molecular weight excluding hydrogens is 343 g/mol. The van der Waals surface area contributed by atoms with E-state index in [4.69, 9.17) is 0 Å². The van der Waals surface area contributed by atoms with E-state index in [-0.39, 0.29) is 11.7 Å². The summed E-state index contributed by atoms with van der Waals surface area (Å²) in [4.78, 5) is 14.9. The van der Waals surface area contributed by atoms with Crippen LogP contribution < -0.4 is 5.32 Å². The molecule has 1 aliphatic heterocycles. The molecule has 1 aromatic carbocycles. The molecule has 142 valence electrons. The van der Waals surface area contributed by atoms with Crippen molar-refractivity contribution in [1.29, 1.82) is 5.26 Å². The Hall–Kier alpha value is -2.65. The summed E-state index contributed by atoms with van der Waals surface area (Å²) >= 11 is 0. The average molecular weight is 368 g/mol. The van der Waals surface area contributed by atoms with Gasteiger partial charge in [-0.05, 0) is 63.9 Å². The van der Waals surface area contributed by atoms with E-state index in [1.807, 2.05) is 13.8 Å². The number of aromatic nitrogens is 1. The third kappa shape index (κ3) is 3.88. The monoisotopic (exact) mass is 368 g/mol. The predicted molar refractivity (Wildman–Crippen MR) is 103 cm³/mol. The van der Waals surface area contributed by atoms with Crippen LogP contribution in [0.3, 0.4) is 0 Å². The van der Waals surface area contributed by atoms with Crippen molar-refractivity contribution in [3.05, 3.63) is 46.9 Å². The lowest BCUT2D eigenvalue weighted by molar-refractivity contribution is -0.118. The Labute approximate surface area is 159 Å². The second kappa shape index (κ2) is 7.93. The van der Waals surface area contributed by atoms with Crippen LogP contribution in [0.4, 0.5) is 10.2 Å². The van der Waals surface area contributed by atoms with Crippen molar-refractivity contribution in [2.24, 2.45) is 0 Å². The molecule has 2 aromatic rings. The molecule has 1 N–H and O–H groups in total. The normalized spacial score (nSPS) is 17.5. The van der Waals surface area contributed by atoms with Crippen LogP contribution in [0.1, 0.15) is 43.0 Å². The van der Waals surface area contributed by atoms with Crippen molar-refractivity contribution in [3.8, 4) is 11.8 Å². The summed E-state index contributed by atoms with van der Waals surface area (Å²) in [5, 5.41) is 12.5. The second-order valence-corrected chi connectivity index (χ2v) is 7.22. The fraction of sp³-hybridized carbons (Fsp3) is 0.429. The van der Waals surface area contributed by atoms with E-state index in [2.05, 4.69) is 23.2 Å². The molecule has 1 aromatic heterocycles. The zero-order valence-corrected chi connectivity index (χ0v) is 16.1. The maximum atomic E-state index is 13.7. The smallest absolute Gasteiger partial charge is 0.239 e. The van der Waals surface area contributed by atoms with E-state index >= 15 is 0 Å². The maximum absolute atomic E-state index is 13.7. The van der Waals surface area contributed by atoms with E-state index in [9.17, 15) is 14.4 Å². The van der Waals surface area contributed by atoms with Crippen LogP contribution in [0.15, 0.2) is 24.3 Å². The van der Waals surface area contributed by atoms with Gasteiger partial charge in [0.1, 0.15) is 17.7 Å². The highest BCUT2D eigenvalue weighted by Gasteiger charge is 2.24. The van der Waals surface area contributed by atoms with E-state index in [1.54, 1.807) is 16.7 Å². The van der Waals surface area contributed by atoms with Gasteiger partial charge in [0, 0.05) is 11.7 Å². The molecule has 1 amide bonds. The Bertz CT molecular complexity index is 896. The van der Waals surface area contributed by atoms with Gasteiger partial charge in [-0.15, -0.1) is 0 Å². The van der Waals surface area contributed by atoms with Gasteiger partial charge in [-0.1, -0.05) is 12.5 Å². The Morgan fingerprint density at radius 1 is 1.37 bits per heavy atom. The molecule has 0 aliphatic carbocycles. The Kier molecular flexibility index (Phi) is 5.62. The van der Waals surface area contributed by atoms with Gasteiger partial charge >= 0.3 is 0 Å². The predicted octanol–water partition coefficient (Wildman–Crippen LogP) is 3.92. The molecule has 0 saturated carbocycles. The molecule has 0 radical (unpaired) electrons. The lowest BCUT2D eigenvalue weighted by Crippen LogP contribution is -2.42. The van der Waals surface area contributed by atoms with Crippen molar-refractivity contribution >= 4 is 11.7 Å². The van der Waals surface area contributed by atoms with Gasteiger partial charge in [-0.2, -0.15) is 5.26 Å². The van der Waals surface area contributed by atoms with E-state index in [0.717, 1.165) is 30.6 Å². The average Bonchev–Trinajstić information content (AvgIpc) is 2.87. The van der Waals surface area contributed by atoms with Crippen molar-refractivity contribution in [1.82, 2.24) is 9.47 Å². The molecule has 0 spiro atoms. The number of rotatable bonds is 4. The van der Waals surface area contributed by atoms with Crippen molar-refractivity contribution in [2.75, 3.05) is 18.4 Å². The lowest BCUT2D eigenvalue weighted by Gasteiger charge is -2.32. The Balaban J connectivity index is 1.93. The summed E-state index contributed by atoms with van der Waals surface area (Å²) < 4.78 is 15.5. The van der Waals surface area contributed by atoms with Crippen molar-refractivity contribution < 1.29 is 9.18 Å². The molecule has 6 heteroatoms. The summed E-state index contributed by atoms with van der Waals surface area (Å²) in [6.45, 7) is 7.04. The molecule has 1 aliphatic rings. The van der Waals surface area contributed by atoms with Gasteiger partial charge in [0.2, 0.25) is 5.91 Å². The number of nitrogens with zero attached hydrogens (tertiary/aromatic N) is 3. The number of anilines is 1. The number of carbonyl (C=O) groups is 1. The van der Waals surface area contributed by atoms with Crippen LogP contribution in [0, 0.1) is 31.0 Å². The number of amides is 1. The molecule has 1 fully saturated rings. The third-order valence-corrected chi connectivity index (χ3v) is 5.44. The fourth-order valence-corrected chi connectivity index (χ4v) is 3.75. The number of hydrogen-bond acceptors (Lipinski definition) is 3. The number of nitrogens with one attached hydrogen (secondary N) is 1. The largest absolute Gasteiger partial charge is 0.310 e. The highest BCUT2D eigenvalue weighted by Crippen LogP contribution is 2.30. The maximum Gasteiger partial charge on any atom is 0.239 e. The molecule has 3 rings (SSSR count). The number of halogens is 1. The first-order valence-electron chi connectivity index (χ1n) is 9.34. The van der Waals surface area contributed by atoms with Gasteiger partial charge in [0.15, 0.2) is 0 Å². The van der Waals surface area contributed by atoms with Crippen LogP contribution in [0.5, 0.6) is 0 Å². The second-order valence-electron chi connectivity index (χ2n) is 7.22. The summed E-state index contributed by atoms with van der Waals surface area (Å²) in [6.07, 6.45) is 3.38. The standard InChI is InChI=1S/C21H25FN4O/c1-14-7-4-5-10-25(14)13-20(27)24-21-19(12-23)15(2)16(3)26(21)18-9-6-8-17(22)11-18/h6,8-9,11,14H,4-5,7,10,13H2,1-3H3,(H,24,27)/t14-/m0/s1. The van der Waals surface area contributed by atoms with Gasteiger partial charge < -0.3 is 5.32 Å². The molecule has 0 unspecified atom stereocenters. The number of likely N-dealkylation sites (tertiary alicyclic amines) is 1. The van der Waals surface area contributed by atoms with Gasteiger partial charge in [0.25, 0.3) is 0 Å².